The van der Waals surface area contributed by atoms with Gasteiger partial charge < -0.3 is 10.5 Å². The average molecular weight is 221 g/mol. The lowest BCUT2D eigenvalue weighted by molar-refractivity contribution is 0.406. The van der Waals surface area contributed by atoms with Gasteiger partial charge in [-0.3, -0.25) is 0 Å². The number of hydrogen-bond donors (Lipinski definition) is 1. The Balaban J connectivity index is 2.85. The standard InChI is InChI=1S/C14H23NO/c1-10(9-15)5-6-13-12(3)7-11(2)8-14(13)16-4/h7-8,10H,5-6,9,15H2,1-4H3. The van der Waals surface area contributed by atoms with Crippen LogP contribution >= 0.6 is 0 Å². The molecule has 2 nitrogen and oxygen atoms in total. The average Bonchev–Trinajstić information content (AvgIpc) is 2.26. The van der Waals surface area contributed by atoms with Crippen LogP contribution in [0.4, 0.5) is 0 Å². The summed E-state index contributed by atoms with van der Waals surface area (Å²) in [5.41, 5.74) is 9.54. The largest absolute Gasteiger partial charge is 0.496 e. The van der Waals surface area contributed by atoms with E-state index in [1.165, 1.54) is 16.7 Å². The Morgan fingerprint density at radius 3 is 2.56 bits per heavy atom. The molecule has 0 saturated carbocycles. The summed E-state index contributed by atoms with van der Waals surface area (Å²) in [6.45, 7) is 7.20. The molecule has 0 radical (unpaired) electrons. The van der Waals surface area contributed by atoms with Gasteiger partial charge in [-0.15, -0.1) is 0 Å². The Hall–Kier alpha value is -1.02. The Kier molecular flexibility index (Phi) is 4.81. The monoisotopic (exact) mass is 221 g/mol. The van der Waals surface area contributed by atoms with E-state index >= 15 is 0 Å². The maximum Gasteiger partial charge on any atom is 0.122 e. The van der Waals surface area contributed by atoms with Gasteiger partial charge in [0.05, 0.1) is 7.11 Å². The Labute approximate surface area is 98.8 Å². The molecule has 1 aromatic rings. The third-order valence-electron chi connectivity index (χ3n) is 3.09. The highest BCUT2D eigenvalue weighted by molar-refractivity contribution is 5.43. The second-order valence-corrected chi connectivity index (χ2v) is 4.64. The summed E-state index contributed by atoms with van der Waals surface area (Å²) < 4.78 is 5.44. The summed E-state index contributed by atoms with van der Waals surface area (Å²) in [7, 11) is 1.74. The number of ether oxygens (including phenoxy) is 1. The number of rotatable bonds is 5. The highest BCUT2D eigenvalue weighted by Gasteiger charge is 2.09. The maximum atomic E-state index is 5.64. The Morgan fingerprint density at radius 2 is 2.00 bits per heavy atom. The molecule has 1 rings (SSSR count). The molecule has 0 fully saturated rings. The van der Waals surface area contributed by atoms with E-state index < -0.39 is 0 Å². The predicted octanol–water partition coefficient (Wildman–Crippen LogP) is 2.84. The molecule has 0 saturated heterocycles. The van der Waals surface area contributed by atoms with E-state index in [9.17, 15) is 0 Å². The second-order valence-electron chi connectivity index (χ2n) is 4.64. The summed E-state index contributed by atoms with van der Waals surface area (Å²) in [5, 5.41) is 0. The summed E-state index contributed by atoms with van der Waals surface area (Å²) in [5.74, 6) is 1.59. The fourth-order valence-electron chi connectivity index (χ4n) is 1.97. The third-order valence-corrected chi connectivity index (χ3v) is 3.09. The number of nitrogens with two attached hydrogens (primary N) is 1. The quantitative estimate of drug-likeness (QED) is 0.829. The Morgan fingerprint density at radius 1 is 1.31 bits per heavy atom. The number of hydrogen-bond acceptors (Lipinski definition) is 2. The summed E-state index contributed by atoms with van der Waals surface area (Å²) in [6.07, 6.45) is 2.17. The normalized spacial score (nSPS) is 12.6. The minimum atomic E-state index is 0.574. The number of aryl methyl sites for hydroxylation is 2. The Bertz CT molecular complexity index is 347. The van der Waals surface area contributed by atoms with Crippen molar-refractivity contribution in [2.24, 2.45) is 11.7 Å². The van der Waals surface area contributed by atoms with E-state index in [0.29, 0.717) is 5.92 Å². The molecule has 90 valence electrons. The zero-order chi connectivity index (χ0) is 12.1. The first-order valence-electron chi connectivity index (χ1n) is 5.92. The van der Waals surface area contributed by atoms with Crippen LogP contribution in [-0.2, 0) is 6.42 Å². The SMILES string of the molecule is COc1cc(C)cc(C)c1CCC(C)CN. The van der Waals surface area contributed by atoms with Crippen LogP contribution in [0.25, 0.3) is 0 Å². The van der Waals surface area contributed by atoms with Gasteiger partial charge in [0.15, 0.2) is 0 Å². The van der Waals surface area contributed by atoms with E-state index in [2.05, 4.69) is 32.9 Å². The van der Waals surface area contributed by atoms with E-state index in [0.717, 1.165) is 25.1 Å². The van der Waals surface area contributed by atoms with E-state index in [-0.39, 0.29) is 0 Å². The molecule has 0 bridgehead atoms. The molecule has 0 spiro atoms. The van der Waals surface area contributed by atoms with E-state index in [1.807, 2.05) is 0 Å². The van der Waals surface area contributed by atoms with Gasteiger partial charge in [0.25, 0.3) is 0 Å². The van der Waals surface area contributed by atoms with Gasteiger partial charge in [0.2, 0.25) is 0 Å². The van der Waals surface area contributed by atoms with Crippen molar-refractivity contribution in [3.8, 4) is 5.75 Å². The molecule has 2 heteroatoms. The van der Waals surface area contributed by atoms with Gasteiger partial charge in [0.1, 0.15) is 5.75 Å². The third kappa shape index (κ3) is 3.24. The number of methoxy groups -OCH3 is 1. The molecule has 0 amide bonds. The topological polar surface area (TPSA) is 35.2 Å². The summed E-state index contributed by atoms with van der Waals surface area (Å²) in [6, 6.07) is 4.32. The van der Waals surface area contributed by atoms with Crippen LogP contribution in [0.2, 0.25) is 0 Å². The highest BCUT2D eigenvalue weighted by Crippen LogP contribution is 2.26. The van der Waals surface area contributed by atoms with Gasteiger partial charge in [0, 0.05) is 0 Å². The van der Waals surface area contributed by atoms with Gasteiger partial charge in [-0.25, -0.2) is 0 Å². The molecular weight excluding hydrogens is 198 g/mol. The van der Waals surface area contributed by atoms with Crippen molar-refractivity contribution in [1.29, 1.82) is 0 Å². The fourth-order valence-corrected chi connectivity index (χ4v) is 1.97. The predicted molar refractivity (Wildman–Crippen MR) is 69.0 cm³/mol. The zero-order valence-electron chi connectivity index (χ0n) is 10.8. The van der Waals surface area contributed by atoms with Crippen LogP contribution in [0.15, 0.2) is 12.1 Å². The van der Waals surface area contributed by atoms with Crippen molar-refractivity contribution in [3.05, 3.63) is 28.8 Å². The molecule has 1 atom stereocenters. The first-order chi connectivity index (χ1) is 7.58. The fraction of sp³-hybridized carbons (Fsp3) is 0.571. The van der Waals surface area contributed by atoms with Crippen molar-refractivity contribution in [2.75, 3.05) is 13.7 Å². The van der Waals surface area contributed by atoms with Crippen LogP contribution in [0, 0.1) is 19.8 Å². The molecule has 1 aromatic carbocycles. The second kappa shape index (κ2) is 5.90. The molecule has 1 unspecified atom stereocenters. The van der Waals surface area contributed by atoms with Crippen molar-refractivity contribution in [1.82, 2.24) is 0 Å². The first kappa shape index (κ1) is 13.0. The van der Waals surface area contributed by atoms with Crippen molar-refractivity contribution in [3.63, 3.8) is 0 Å². The van der Waals surface area contributed by atoms with Crippen molar-refractivity contribution < 1.29 is 4.74 Å². The van der Waals surface area contributed by atoms with Gasteiger partial charge in [-0.05, 0) is 61.9 Å². The first-order valence-corrected chi connectivity index (χ1v) is 5.92. The minimum Gasteiger partial charge on any atom is -0.496 e. The lowest BCUT2D eigenvalue weighted by Crippen LogP contribution is -2.12. The van der Waals surface area contributed by atoms with Crippen molar-refractivity contribution in [2.45, 2.75) is 33.6 Å². The molecule has 0 aliphatic carbocycles. The van der Waals surface area contributed by atoms with Crippen LogP contribution in [0.1, 0.15) is 30.0 Å². The summed E-state index contributed by atoms with van der Waals surface area (Å²) in [4.78, 5) is 0. The lowest BCUT2D eigenvalue weighted by Gasteiger charge is -2.14. The lowest BCUT2D eigenvalue weighted by atomic mass is 9.96. The van der Waals surface area contributed by atoms with Crippen LogP contribution in [0.3, 0.4) is 0 Å². The van der Waals surface area contributed by atoms with Crippen LogP contribution < -0.4 is 10.5 Å². The van der Waals surface area contributed by atoms with Gasteiger partial charge in [-0.1, -0.05) is 13.0 Å². The van der Waals surface area contributed by atoms with Crippen molar-refractivity contribution >= 4 is 0 Å². The molecule has 0 aliphatic rings. The zero-order valence-corrected chi connectivity index (χ0v) is 10.8. The number of benzene rings is 1. The van der Waals surface area contributed by atoms with Crippen LogP contribution in [-0.4, -0.2) is 13.7 Å². The minimum absolute atomic E-state index is 0.574. The molecule has 16 heavy (non-hydrogen) atoms. The smallest absolute Gasteiger partial charge is 0.122 e. The van der Waals surface area contributed by atoms with Gasteiger partial charge >= 0.3 is 0 Å². The summed E-state index contributed by atoms with van der Waals surface area (Å²) >= 11 is 0. The molecule has 0 aromatic heterocycles. The van der Waals surface area contributed by atoms with E-state index in [1.54, 1.807) is 7.11 Å². The molecule has 0 heterocycles. The van der Waals surface area contributed by atoms with E-state index in [4.69, 9.17) is 10.5 Å². The van der Waals surface area contributed by atoms with Crippen LogP contribution in [0.5, 0.6) is 5.75 Å². The molecule has 0 aliphatic heterocycles. The molecular formula is C14H23NO. The highest BCUT2D eigenvalue weighted by atomic mass is 16.5. The molecule has 2 N–H and O–H groups in total. The van der Waals surface area contributed by atoms with Gasteiger partial charge in [-0.2, -0.15) is 0 Å². The maximum absolute atomic E-state index is 5.64.